The fourth-order valence-corrected chi connectivity index (χ4v) is 12.8. The molecule has 274 valence electrons. The highest BCUT2D eigenvalue weighted by atomic mass is 28.2. The van der Waals surface area contributed by atoms with Crippen molar-refractivity contribution in [2.75, 3.05) is 29.4 Å². The largest absolute Gasteiger partial charge is 0.460 e. The number of hydrogen-bond acceptors (Lipinski definition) is 3. The topological polar surface area (TPSA) is 19.6 Å². The molecule has 0 amide bonds. The van der Waals surface area contributed by atoms with Crippen molar-refractivity contribution in [2.24, 2.45) is 11.3 Å². The highest BCUT2D eigenvalue weighted by molar-refractivity contribution is 6.43. The van der Waals surface area contributed by atoms with Crippen LogP contribution in [0.5, 0.6) is 0 Å². The number of nitrogens with zero attached hydrogens (tertiary/aromatic N) is 3. The van der Waals surface area contributed by atoms with Gasteiger partial charge in [-0.2, -0.15) is 0 Å². The number of furan rings is 1. The first-order chi connectivity index (χ1) is 25.8. The fourth-order valence-electron chi connectivity index (χ4n) is 12.3. The zero-order valence-corrected chi connectivity index (χ0v) is 34.2. The van der Waals surface area contributed by atoms with Gasteiger partial charge >= 0.3 is 0 Å². The van der Waals surface area contributed by atoms with Gasteiger partial charge in [0, 0.05) is 35.7 Å². The van der Waals surface area contributed by atoms with Gasteiger partial charge in [-0.3, -0.25) is 4.48 Å². The Hall–Kier alpha value is -3.80. The highest BCUT2D eigenvalue weighted by Gasteiger charge is 2.84. The van der Waals surface area contributed by atoms with Crippen LogP contribution >= 0.6 is 0 Å². The fraction of sp³-hybridized carbons (Fsp3) is 0.458. The van der Waals surface area contributed by atoms with Crippen LogP contribution < -0.4 is 9.80 Å². The first kappa shape index (κ1) is 33.7. The van der Waals surface area contributed by atoms with Crippen LogP contribution in [0.4, 0.5) is 11.4 Å². The van der Waals surface area contributed by atoms with Crippen LogP contribution in [0.2, 0.25) is 6.55 Å². The molecule has 4 aliphatic carbocycles. The van der Waals surface area contributed by atoms with Gasteiger partial charge in [0.25, 0.3) is 0 Å². The summed E-state index contributed by atoms with van der Waals surface area (Å²) in [7, 11) is -0.244. The second-order valence-electron chi connectivity index (χ2n) is 17.7. The van der Waals surface area contributed by atoms with E-state index in [-0.39, 0.29) is 26.6 Å². The number of quaternary nitrogens is 1. The summed E-state index contributed by atoms with van der Waals surface area (Å²) >= 11 is 0. The van der Waals surface area contributed by atoms with Crippen molar-refractivity contribution < 1.29 is 8.90 Å². The molecule has 1 fully saturated rings. The Morgan fingerprint density at radius 2 is 1.83 bits per heavy atom. The van der Waals surface area contributed by atoms with E-state index in [2.05, 4.69) is 123 Å². The van der Waals surface area contributed by atoms with Gasteiger partial charge in [-0.25, -0.2) is 0 Å². The van der Waals surface area contributed by atoms with Crippen LogP contribution in [0.1, 0.15) is 114 Å². The van der Waals surface area contributed by atoms with Crippen molar-refractivity contribution in [3.63, 3.8) is 0 Å². The van der Waals surface area contributed by atoms with Crippen molar-refractivity contribution in [3.8, 4) is 0 Å². The molecular weight excluding hydrogens is 663 g/mol. The van der Waals surface area contributed by atoms with E-state index in [1.54, 1.807) is 16.3 Å². The lowest BCUT2D eigenvalue weighted by Gasteiger charge is -2.49. The van der Waals surface area contributed by atoms with Crippen molar-refractivity contribution >= 4 is 43.5 Å². The molecule has 53 heavy (non-hydrogen) atoms. The van der Waals surface area contributed by atoms with Gasteiger partial charge in [0.05, 0.1) is 45.0 Å². The minimum Gasteiger partial charge on any atom is -0.460 e. The van der Waals surface area contributed by atoms with Crippen LogP contribution in [-0.2, 0) is 6.42 Å². The average molecular weight is 721 g/mol. The van der Waals surface area contributed by atoms with Crippen LogP contribution in [0.25, 0.3) is 22.6 Å². The maximum absolute atomic E-state index is 7.12. The quantitative estimate of drug-likeness (QED) is 0.131. The van der Waals surface area contributed by atoms with Gasteiger partial charge in [0.2, 0.25) is 0 Å². The summed E-state index contributed by atoms with van der Waals surface area (Å²) in [5.74, 6) is 1.58. The Morgan fingerprint density at radius 1 is 1.00 bits per heavy atom. The number of para-hydroxylation sites is 2. The molecule has 0 saturated heterocycles. The third-order valence-corrected chi connectivity index (χ3v) is 16.4. The molecule has 7 aliphatic rings. The van der Waals surface area contributed by atoms with E-state index in [9.17, 15) is 0 Å². The molecule has 3 aromatic rings. The number of rotatable bonds is 8. The van der Waals surface area contributed by atoms with E-state index in [4.69, 9.17) is 4.42 Å². The first-order valence-electron chi connectivity index (χ1n) is 21.1. The number of unbranched alkanes of at least 4 members (excludes halogenated alkanes) is 1. The zero-order valence-electron chi connectivity index (χ0n) is 32.8. The Bertz CT molecular complexity index is 2210. The summed E-state index contributed by atoms with van der Waals surface area (Å²) in [6, 6.07) is 14.1. The van der Waals surface area contributed by atoms with Crippen molar-refractivity contribution in [2.45, 2.75) is 110 Å². The Labute approximate surface area is 319 Å². The minimum absolute atomic E-state index is 0.0427. The minimum atomic E-state index is -0.244. The van der Waals surface area contributed by atoms with Crippen LogP contribution in [-0.4, -0.2) is 39.2 Å². The zero-order chi connectivity index (χ0) is 36.1. The standard InChI is InChI=1S/C48H58N3OSi/c1-6-7-27-51(30-32(2)53-5)31-34-19-11-13-21-39(34)47(3)45(48(47,51)4)38-29-50-41-23-15-14-22-40(41)49(28-33-17-9-8-10-18-33)46(50)43-36(38)25-26-37-35-20-12-16-24-42(35)52-44(37)43/h9,12,14-15,17-18,20,22-23,25-26,29-30,45-46H,6-8,10-11,13,16,19,21,24,27-28,31,53H2,1-5H3/q+1. The second-order valence-corrected chi connectivity index (χ2v) is 19.5. The predicted octanol–water partition coefficient (Wildman–Crippen LogP) is 11.3. The summed E-state index contributed by atoms with van der Waals surface area (Å²) in [4.78, 5) is 5.36. The molecule has 4 nitrogen and oxygen atoms in total. The van der Waals surface area contributed by atoms with Gasteiger partial charge in [0.15, 0.2) is 0 Å². The van der Waals surface area contributed by atoms with Gasteiger partial charge in [-0.1, -0.05) is 74.0 Å². The number of benzene rings is 2. The highest BCUT2D eigenvalue weighted by Crippen LogP contribution is 2.79. The van der Waals surface area contributed by atoms with Crippen LogP contribution in [0.3, 0.4) is 0 Å². The van der Waals surface area contributed by atoms with Gasteiger partial charge < -0.3 is 14.2 Å². The normalized spacial score (nSPS) is 31.3. The summed E-state index contributed by atoms with van der Waals surface area (Å²) in [5.41, 5.74) is 14.7. The van der Waals surface area contributed by atoms with E-state index in [1.807, 2.05) is 5.57 Å². The lowest BCUT2D eigenvalue weighted by Crippen LogP contribution is -2.59. The van der Waals surface area contributed by atoms with Crippen molar-refractivity contribution in [1.29, 1.82) is 0 Å². The van der Waals surface area contributed by atoms with Crippen molar-refractivity contribution in [3.05, 3.63) is 117 Å². The lowest BCUT2D eigenvalue weighted by molar-refractivity contribution is -0.916. The maximum atomic E-state index is 7.12. The first-order valence-corrected chi connectivity index (χ1v) is 23.2. The van der Waals surface area contributed by atoms with E-state index < -0.39 is 0 Å². The number of anilines is 2. The maximum Gasteiger partial charge on any atom is 0.142 e. The lowest BCUT2D eigenvalue weighted by atomic mass is 9.75. The predicted molar refractivity (Wildman–Crippen MR) is 226 cm³/mol. The molecule has 1 saturated carbocycles. The van der Waals surface area contributed by atoms with Gasteiger partial charge in [-0.05, 0) is 118 Å². The van der Waals surface area contributed by atoms with Gasteiger partial charge in [0.1, 0.15) is 29.6 Å². The number of fused-ring (bicyclic) bond motifs is 11. The molecule has 0 spiro atoms. The average Bonchev–Trinajstić information content (AvgIpc) is 3.41. The Kier molecular flexibility index (Phi) is 7.87. The molecule has 1 aromatic heterocycles. The third kappa shape index (κ3) is 4.62. The van der Waals surface area contributed by atoms with Crippen LogP contribution in [0.15, 0.2) is 99.4 Å². The molecule has 5 heteroatoms. The molecule has 0 radical (unpaired) electrons. The Balaban J connectivity index is 1.22. The third-order valence-electron chi connectivity index (χ3n) is 15.1. The van der Waals surface area contributed by atoms with Crippen LogP contribution in [0, 0.1) is 11.3 Å². The summed E-state index contributed by atoms with van der Waals surface area (Å²) in [6.07, 6.45) is 29.4. The molecule has 10 rings (SSSR count). The molecule has 0 N–H and O–H groups in total. The van der Waals surface area contributed by atoms with Gasteiger partial charge in [-0.15, -0.1) is 0 Å². The molecule has 3 aliphatic heterocycles. The molecule has 5 unspecified atom stereocenters. The summed E-state index contributed by atoms with van der Waals surface area (Å²) in [6.45, 7) is 16.1. The number of aryl methyl sites for hydroxylation is 1. The number of allylic oxidation sites excluding steroid dienone is 4. The molecule has 2 aromatic carbocycles. The van der Waals surface area contributed by atoms with Crippen molar-refractivity contribution in [1.82, 2.24) is 0 Å². The number of hydrogen-bond donors (Lipinski definition) is 0. The monoisotopic (exact) mass is 720 g/mol. The van der Waals surface area contributed by atoms with E-state index in [0.717, 1.165) is 48.1 Å². The Morgan fingerprint density at radius 3 is 2.64 bits per heavy atom. The second kappa shape index (κ2) is 12.4. The van der Waals surface area contributed by atoms with E-state index in [1.165, 1.54) is 90.6 Å². The summed E-state index contributed by atoms with van der Waals surface area (Å²) < 4.78 is 8.25. The SMILES string of the molecule is CCCC[N+]1(C=C(C)[SiH2]C)CC2=C(CCCC2)C2(C)C(C3=CN4c5ccccc5N(CC5=CCCC=C5)C4c4c3ccc3c5c(oc43)CCC=C5)C21C. The molecule has 0 bridgehead atoms. The van der Waals surface area contributed by atoms with E-state index in [0.29, 0.717) is 5.92 Å². The summed E-state index contributed by atoms with van der Waals surface area (Å²) in [5, 5.41) is 2.96. The molecule has 5 atom stereocenters. The molecule has 4 heterocycles. The van der Waals surface area contributed by atoms with E-state index >= 15 is 0 Å². The molecular formula is C48H58N3OSi+. The smallest absolute Gasteiger partial charge is 0.142 e.